The van der Waals surface area contributed by atoms with Crippen LogP contribution in [0, 0.1) is 11.8 Å². The van der Waals surface area contributed by atoms with Crippen LogP contribution in [-0.2, 0) is 6.18 Å². The van der Waals surface area contributed by atoms with Crippen LogP contribution < -0.4 is 0 Å². The fourth-order valence-corrected chi connectivity index (χ4v) is 0.494. The SMILES string of the molecule is Fc1n[nH]c(C(F)(F)F)c1F. The van der Waals surface area contributed by atoms with Crippen LogP contribution in [0.3, 0.4) is 0 Å². The van der Waals surface area contributed by atoms with Crippen LogP contribution in [0.2, 0.25) is 0 Å². The van der Waals surface area contributed by atoms with E-state index < -0.39 is 23.6 Å². The molecule has 0 bridgehead atoms. The summed E-state index contributed by atoms with van der Waals surface area (Å²) in [5.41, 5.74) is -1.80. The van der Waals surface area contributed by atoms with Gasteiger partial charge < -0.3 is 0 Å². The Kier molecular flexibility index (Phi) is 1.57. The molecule has 0 saturated heterocycles. The number of alkyl halides is 3. The molecule has 0 aliphatic carbocycles. The van der Waals surface area contributed by atoms with Gasteiger partial charge in [-0.25, -0.2) is 0 Å². The van der Waals surface area contributed by atoms with Crippen molar-refractivity contribution in [3.63, 3.8) is 0 Å². The quantitative estimate of drug-likeness (QED) is 0.593. The van der Waals surface area contributed by atoms with Crippen molar-refractivity contribution in [1.29, 1.82) is 0 Å². The number of hydrogen-bond acceptors (Lipinski definition) is 1. The number of hydrogen-bond donors (Lipinski definition) is 1. The van der Waals surface area contributed by atoms with E-state index in [-0.39, 0.29) is 0 Å². The van der Waals surface area contributed by atoms with Crippen LogP contribution >= 0.6 is 0 Å². The predicted octanol–water partition coefficient (Wildman–Crippen LogP) is 1.71. The van der Waals surface area contributed by atoms with Gasteiger partial charge in [-0.3, -0.25) is 5.10 Å². The van der Waals surface area contributed by atoms with Crippen LogP contribution in [-0.4, -0.2) is 10.2 Å². The first-order valence-electron chi connectivity index (χ1n) is 2.39. The maximum absolute atomic E-state index is 12.1. The van der Waals surface area contributed by atoms with Gasteiger partial charge in [0.15, 0.2) is 5.69 Å². The summed E-state index contributed by atoms with van der Waals surface area (Å²) in [7, 11) is 0. The molecule has 1 aromatic rings. The monoisotopic (exact) mass is 172 g/mol. The molecule has 62 valence electrons. The third-order valence-corrected chi connectivity index (χ3v) is 0.950. The van der Waals surface area contributed by atoms with E-state index in [4.69, 9.17) is 0 Å². The Morgan fingerprint density at radius 3 is 1.91 bits per heavy atom. The zero-order valence-electron chi connectivity index (χ0n) is 4.84. The molecule has 1 heterocycles. The smallest absolute Gasteiger partial charge is 0.268 e. The van der Waals surface area contributed by atoms with Crippen molar-refractivity contribution in [3.8, 4) is 0 Å². The van der Waals surface area contributed by atoms with Gasteiger partial charge in [0.25, 0.3) is 5.95 Å². The standard InChI is InChI=1S/C4HF5N2/c5-1-2(4(7,8)9)10-11-3(1)6/h(H,10,11). The molecule has 0 spiro atoms. The predicted molar refractivity (Wildman–Crippen MR) is 23.5 cm³/mol. The van der Waals surface area contributed by atoms with Crippen molar-refractivity contribution >= 4 is 0 Å². The average Bonchev–Trinajstić information content (AvgIpc) is 2.11. The molecule has 2 nitrogen and oxygen atoms in total. The number of nitrogens with zero attached hydrogens (tertiary/aromatic N) is 1. The molecule has 0 aliphatic heterocycles. The van der Waals surface area contributed by atoms with E-state index in [0.29, 0.717) is 0 Å². The average molecular weight is 172 g/mol. The van der Waals surface area contributed by atoms with Crippen LogP contribution in [0.4, 0.5) is 22.0 Å². The van der Waals surface area contributed by atoms with Gasteiger partial charge in [-0.1, -0.05) is 0 Å². The van der Waals surface area contributed by atoms with Crippen molar-refractivity contribution in [2.45, 2.75) is 6.18 Å². The molecule has 0 unspecified atom stereocenters. The van der Waals surface area contributed by atoms with Gasteiger partial charge in [0.1, 0.15) is 0 Å². The minimum absolute atomic E-state index is 1.19. The summed E-state index contributed by atoms with van der Waals surface area (Å²) in [5.74, 6) is -3.78. The third-order valence-electron chi connectivity index (χ3n) is 0.950. The van der Waals surface area contributed by atoms with E-state index in [1.54, 1.807) is 0 Å². The highest BCUT2D eigenvalue weighted by atomic mass is 19.4. The van der Waals surface area contributed by atoms with Gasteiger partial charge in [0.05, 0.1) is 0 Å². The first-order valence-corrected chi connectivity index (χ1v) is 2.39. The second-order valence-corrected chi connectivity index (χ2v) is 1.70. The molecule has 11 heavy (non-hydrogen) atoms. The van der Waals surface area contributed by atoms with Crippen molar-refractivity contribution in [3.05, 3.63) is 17.5 Å². The lowest BCUT2D eigenvalue weighted by atomic mass is 10.4. The topological polar surface area (TPSA) is 28.7 Å². The Balaban J connectivity index is 3.15. The number of halogens is 5. The highest BCUT2D eigenvalue weighted by molar-refractivity contribution is 5.07. The Morgan fingerprint density at radius 2 is 1.73 bits per heavy atom. The fraction of sp³-hybridized carbons (Fsp3) is 0.250. The van der Waals surface area contributed by atoms with Gasteiger partial charge >= 0.3 is 6.18 Å². The Hall–Kier alpha value is -1.14. The minimum atomic E-state index is -4.93. The number of H-pyrrole nitrogens is 1. The van der Waals surface area contributed by atoms with Crippen molar-refractivity contribution in [2.24, 2.45) is 0 Å². The summed E-state index contributed by atoms with van der Waals surface area (Å²) in [6.45, 7) is 0. The van der Waals surface area contributed by atoms with Crippen LogP contribution in [0.1, 0.15) is 5.69 Å². The molecule has 0 atom stereocenters. The van der Waals surface area contributed by atoms with E-state index in [1.807, 2.05) is 0 Å². The van der Waals surface area contributed by atoms with Gasteiger partial charge in [0.2, 0.25) is 5.82 Å². The summed E-state index contributed by atoms with van der Waals surface area (Å²) in [6, 6.07) is 0. The summed E-state index contributed by atoms with van der Waals surface area (Å²) in [6.07, 6.45) is -4.93. The molecule has 0 fully saturated rings. The van der Waals surface area contributed by atoms with E-state index >= 15 is 0 Å². The zero-order chi connectivity index (χ0) is 8.65. The maximum Gasteiger partial charge on any atom is 0.435 e. The molecule has 0 radical (unpaired) electrons. The fourth-order valence-electron chi connectivity index (χ4n) is 0.494. The number of nitrogens with one attached hydrogen (secondary N) is 1. The first-order chi connectivity index (χ1) is 4.93. The largest absolute Gasteiger partial charge is 0.435 e. The molecule has 7 heteroatoms. The highest BCUT2D eigenvalue weighted by Crippen LogP contribution is 2.29. The van der Waals surface area contributed by atoms with Gasteiger partial charge in [-0.15, -0.1) is 5.10 Å². The number of aromatic nitrogens is 2. The Morgan fingerprint density at radius 1 is 1.18 bits per heavy atom. The Bertz CT molecular complexity index is 262. The molecule has 1 rings (SSSR count). The molecular weight excluding hydrogens is 171 g/mol. The van der Waals surface area contributed by atoms with Crippen molar-refractivity contribution in [1.82, 2.24) is 10.2 Å². The number of aromatic amines is 1. The second-order valence-electron chi connectivity index (χ2n) is 1.70. The molecule has 1 aromatic heterocycles. The molecule has 0 aromatic carbocycles. The lowest BCUT2D eigenvalue weighted by Gasteiger charge is -2.00. The van der Waals surface area contributed by atoms with Gasteiger partial charge in [-0.05, 0) is 0 Å². The van der Waals surface area contributed by atoms with Crippen LogP contribution in [0.5, 0.6) is 0 Å². The lowest BCUT2D eigenvalue weighted by molar-refractivity contribution is -0.143. The van der Waals surface area contributed by atoms with Crippen molar-refractivity contribution < 1.29 is 22.0 Å². The van der Waals surface area contributed by atoms with E-state index in [1.165, 1.54) is 5.10 Å². The summed E-state index contributed by atoms with van der Waals surface area (Å²) in [5, 5.41) is 3.58. The summed E-state index contributed by atoms with van der Waals surface area (Å²) in [4.78, 5) is 0. The van der Waals surface area contributed by atoms with E-state index in [9.17, 15) is 22.0 Å². The van der Waals surface area contributed by atoms with Crippen LogP contribution in [0.15, 0.2) is 0 Å². The molecule has 1 N–H and O–H groups in total. The summed E-state index contributed by atoms with van der Waals surface area (Å²) >= 11 is 0. The van der Waals surface area contributed by atoms with Crippen LogP contribution in [0.25, 0.3) is 0 Å². The van der Waals surface area contributed by atoms with E-state index in [2.05, 4.69) is 5.10 Å². The van der Waals surface area contributed by atoms with Gasteiger partial charge in [0, 0.05) is 0 Å². The molecule has 0 aliphatic rings. The summed E-state index contributed by atoms with van der Waals surface area (Å²) < 4.78 is 58.7. The van der Waals surface area contributed by atoms with E-state index in [0.717, 1.165) is 0 Å². The zero-order valence-corrected chi connectivity index (χ0v) is 4.84. The molecule has 0 amide bonds. The highest BCUT2D eigenvalue weighted by Gasteiger charge is 2.38. The van der Waals surface area contributed by atoms with Crippen molar-refractivity contribution in [2.75, 3.05) is 0 Å². The Labute approximate surface area is 57.0 Å². The lowest BCUT2D eigenvalue weighted by Crippen LogP contribution is -2.07. The minimum Gasteiger partial charge on any atom is -0.268 e. The third kappa shape index (κ3) is 1.31. The second kappa shape index (κ2) is 2.18. The van der Waals surface area contributed by atoms with Gasteiger partial charge in [-0.2, -0.15) is 22.0 Å². The molecular formula is C4HF5N2. The number of rotatable bonds is 0. The normalized spacial score (nSPS) is 12.1. The molecule has 0 saturated carbocycles. The first kappa shape index (κ1) is 7.96. The maximum atomic E-state index is 12.1.